The summed E-state index contributed by atoms with van der Waals surface area (Å²) in [5.74, 6) is 2.15. The molecule has 0 radical (unpaired) electrons. The van der Waals surface area contributed by atoms with Crippen LogP contribution in [-0.4, -0.2) is 49.7 Å². The third-order valence-electron chi connectivity index (χ3n) is 5.42. The van der Waals surface area contributed by atoms with Crippen molar-refractivity contribution in [2.45, 2.75) is 51.5 Å². The lowest BCUT2D eigenvalue weighted by Crippen LogP contribution is -2.40. The third kappa shape index (κ3) is 4.84. The smallest absolute Gasteiger partial charge is 0.223 e. The molecule has 4 nitrogen and oxygen atoms in total. The number of carbonyl (C=O) groups is 1. The molecule has 0 aromatic rings. The molecule has 1 amide bonds. The van der Waals surface area contributed by atoms with E-state index in [1.165, 1.54) is 25.7 Å². The van der Waals surface area contributed by atoms with E-state index >= 15 is 0 Å². The monoisotopic (exact) mass is 330 g/mol. The molecule has 3 aliphatic rings. The van der Waals surface area contributed by atoms with Gasteiger partial charge in [0.25, 0.3) is 0 Å². The highest BCUT2D eigenvalue weighted by Crippen LogP contribution is 2.31. The summed E-state index contributed by atoms with van der Waals surface area (Å²) in [4.78, 5) is 14.9. The number of hydrogen-bond donors (Lipinski definition) is 1. The first-order valence-electron chi connectivity index (χ1n) is 8.82. The van der Waals surface area contributed by atoms with Gasteiger partial charge in [-0.1, -0.05) is 6.92 Å². The minimum absolute atomic E-state index is 0. The van der Waals surface area contributed by atoms with Gasteiger partial charge < -0.3 is 15.0 Å². The SMILES string of the molecule is CC(CC(=O)N(CC1CCOC1)C1CC1)C1CCCNC1.Cl. The molecule has 0 aromatic heterocycles. The fourth-order valence-corrected chi connectivity index (χ4v) is 3.77. The Morgan fingerprint density at radius 1 is 1.32 bits per heavy atom. The fraction of sp³-hybridized carbons (Fsp3) is 0.941. The molecule has 2 saturated heterocycles. The van der Waals surface area contributed by atoms with Crippen molar-refractivity contribution in [1.82, 2.24) is 10.2 Å². The summed E-state index contributed by atoms with van der Waals surface area (Å²) in [6.45, 7) is 7.15. The largest absolute Gasteiger partial charge is 0.381 e. The molecule has 3 rings (SSSR count). The summed E-state index contributed by atoms with van der Waals surface area (Å²) in [5.41, 5.74) is 0. The Kier molecular flexibility index (Phi) is 6.97. The second-order valence-corrected chi connectivity index (χ2v) is 7.29. The lowest BCUT2D eigenvalue weighted by Gasteiger charge is -2.31. The van der Waals surface area contributed by atoms with Gasteiger partial charge in [0.1, 0.15) is 0 Å². The first kappa shape index (κ1) is 18.0. The highest BCUT2D eigenvalue weighted by atomic mass is 35.5. The van der Waals surface area contributed by atoms with Crippen LogP contribution in [0.25, 0.3) is 0 Å². The standard InChI is InChI=1S/C17H30N2O2.ClH/c1-13(15-3-2-7-18-10-15)9-17(20)19(16-4-5-16)11-14-6-8-21-12-14;/h13-16,18H,2-12H2,1H3;1H. The zero-order valence-electron chi connectivity index (χ0n) is 13.8. The summed E-state index contributed by atoms with van der Waals surface area (Å²) in [6, 6.07) is 0.537. The van der Waals surface area contributed by atoms with Crippen LogP contribution < -0.4 is 5.32 Å². The van der Waals surface area contributed by atoms with Crippen molar-refractivity contribution in [2.24, 2.45) is 17.8 Å². The quantitative estimate of drug-likeness (QED) is 0.813. The van der Waals surface area contributed by atoms with Gasteiger partial charge in [0.15, 0.2) is 0 Å². The molecule has 22 heavy (non-hydrogen) atoms. The highest BCUT2D eigenvalue weighted by Gasteiger charge is 2.35. The normalized spacial score (nSPS) is 29.7. The number of amides is 1. The molecule has 3 atom stereocenters. The lowest BCUT2D eigenvalue weighted by molar-refractivity contribution is -0.133. The van der Waals surface area contributed by atoms with Crippen LogP contribution in [0.3, 0.4) is 0 Å². The molecule has 0 aromatic carbocycles. The number of piperidine rings is 1. The Labute approximate surface area is 140 Å². The van der Waals surface area contributed by atoms with Gasteiger partial charge in [0.05, 0.1) is 6.61 Å². The van der Waals surface area contributed by atoms with Crippen LogP contribution in [-0.2, 0) is 9.53 Å². The molecule has 2 heterocycles. The Bertz CT molecular complexity index is 351. The number of ether oxygens (including phenoxy) is 1. The van der Waals surface area contributed by atoms with E-state index in [-0.39, 0.29) is 12.4 Å². The van der Waals surface area contributed by atoms with E-state index in [1.807, 2.05) is 0 Å². The number of hydrogen-bond acceptors (Lipinski definition) is 3. The molecule has 2 aliphatic heterocycles. The molecule has 1 N–H and O–H groups in total. The second kappa shape index (κ2) is 8.51. The van der Waals surface area contributed by atoms with E-state index in [4.69, 9.17) is 4.74 Å². The van der Waals surface area contributed by atoms with Crippen LogP contribution in [0.1, 0.15) is 45.4 Å². The van der Waals surface area contributed by atoms with Gasteiger partial charge in [-0.15, -0.1) is 12.4 Å². The third-order valence-corrected chi connectivity index (χ3v) is 5.42. The van der Waals surface area contributed by atoms with Crippen molar-refractivity contribution in [3.05, 3.63) is 0 Å². The highest BCUT2D eigenvalue weighted by molar-refractivity contribution is 5.85. The van der Waals surface area contributed by atoms with Gasteiger partial charge in [0, 0.05) is 31.5 Å². The number of carbonyl (C=O) groups excluding carboxylic acids is 1. The predicted molar refractivity (Wildman–Crippen MR) is 90.3 cm³/mol. The van der Waals surface area contributed by atoms with Crippen LogP contribution in [0, 0.1) is 17.8 Å². The molecule has 3 fully saturated rings. The molecule has 1 aliphatic carbocycles. The molecule has 128 valence electrons. The number of nitrogens with zero attached hydrogens (tertiary/aromatic N) is 1. The van der Waals surface area contributed by atoms with Crippen LogP contribution in [0.4, 0.5) is 0 Å². The Hall–Kier alpha value is -0.320. The van der Waals surface area contributed by atoms with E-state index in [9.17, 15) is 4.79 Å². The number of halogens is 1. The van der Waals surface area contributed by atoms with Crippen molar-refractivity contribution in [2.75, 3.05) is 32.8 Å². The summed E-state index contributed by atoms with van der Waals surface area (Å²) in [7, 11) is 0. The van der Waals surface area contributed by atoms with E-state index in [0.717, 1.165) is 45.7 Å². The van der Waals surface area contributed by atoms with Crippen LogP contribution in [0.2, 0.25) is 0 Å². The Balaban J connectivity index is 0.00000176. The van der Waals surface area contributed by atoms with Crippen LogP contribution >= 0.6 is 12.4 Å². The number of rotatable bonds is 6. The average molecular weight is 331 g/mol. The summed E-state index contributed by atoms with van der Waals surface area (Å²) in [5, 5.41) is 3.47. The average Bonchev–Trinajstić information content (AvgIpc) is 3.21. The minimum Gasteiger partial charge on any atom is -0.381 e. The van der Waals surface area contributed by atoms with Crippen molar-refractivity contribution in [3.63, 3.8) is 0 Å². The van der Waals surface area contributed by atoms with Gasteiger partial charge in [-0.25, -0.2) is 0 Å². The van der Waals surface area contributed by atoms with Gasteiger partial charge in [-0.2, -0.15) is 0 Å². The summed E-state index contributed by atoms with van der Waals surface area (Å²) < 4.78 is 5.47. The topological polar surface area (TPSA) is 41.6 Å². The molecular weight excluding hydrogens is 300 g/mol. The minimum atomic E-state index is 0. The summed E-state index contributed by atoms with van der Waals surface area (Å²) >= 11 is 0. The van der Waals surface area contributed by atoms with Crippen molar-refractivity contribution in [1.29, 1.82) is 0 Å². The maximum Gasteiger partial charge on any atom is 0.223 e. The first-order valence-corrected chi connectivity index (χ1v) is 8.82. The lowest BCUT2D eigenvalue weighted by atomic mass is 9.85. The van der Waals surface area contributed by atoms with E-state index in [0.29, 0.717) is 29.7 Å². The summed E-state index contributed by atoms with van der Waals surface area (Å²) in [6.07, 6.45) is 6.81. The molecule has 3 unspecified atom stereocenters. The molecule has 1 saturated carbocycles. The van der Waals surface area contributed by atoms with E-state index < -0.39 is 0 Å². The van der Waals surface area contributed by atoms with E-state index in [1.54, 1.807) is 0 Å². The Morgan fingerprint density at radius 2 is 2.14 bits per heavy atom. The second-order valence-electron chi connectivity index (χ2n) is 7.29. The fourth-order valence-electron chi connectivity index (χ4n) is 3.77. The van der Waals surface area contributed by atoms with Gasteiger partial charge in [-0.3, -0.25) is 4.79 Å². The van der Waals surface area contributed by atoms with Gasteiger partial charge in [0.2, 0.25) is 5.91 Å². The molecular formula is C17H31ClN2O2. The molecule has 5 heteroatoms. The maximum absolute atomic E-state index is 12.7. The molecule has 0 spiro atoms. The molecule has 0 bridgehead atoms. The zero-order chi connectivity index (χ0) is 14.7. The maximum atomic E-state index is 12.7. The van der Waals surface area contributed by atoms with Crippen molar-refractivity contribution >= 4 is 18.3 Å². The van der Waals surface area contributed by atoms with Crippen LogP contribution in [0.15, 0.2) is 0 Å². The zero-order valence-corrected chi connectivity index (χ0v) is 14.6. The van der Waals surface area contributed by atoms with Gasteiger partial charge in [-0.05, 0) is 57.0 Å². The van der Waals surface area contributed by atoms with E-state index in [2.05, 4.69) is 17.1 Å². The number of nitrogens with one attached hydrogen (secondary N) is 1. The predicted octanol–water partition coefficient (Wildman–Crippen LogP) is 2.46. The Morgan fingerprint density at radius 3 is 2.73 bits per heavy atom. The van der Waals surface area contributed by atoms with Crippen LogP contribution in [0.5, 0.6) is 0 Å². The van der Waals surface area contributed by atoms with Gasteiger partial charge >= 0.3 is 0 Å². The first-order chi connectivity index (χ1) is 10.2. The van der Waals surface area contributed by atoms with Crippen molar-refractivity contribution in [3.8, 4) is 0 Å². The van der Waals surface area contributed by atoms with Crippen molar-refractivity contribution < 1.29 is 9.53 Å².